The first-order valence-corrected chi connectivity index (χ1v) is 6.13. The van der Waals surface area contributed by atoms with E-state index in [-0.39, 0.29) is 12.4 Å². The van der Waals surface area contributed by atoms with Crippen molar-refractivity contribution in [1.29, 1.82) is 0 Å². The molecule has 3 rings (SSSR count). The smallest absolute Gasteiger partial charge is 0.165 e. The van der Waals surface area contributed by atoms with Crippen LogP contribution in [0, 0.1) is 5.82 Å². The second kappa shape index (κ2) is 4.94. The van der Waals surface area contributed by atoms with E-state index in [4.69, 9.17) is 9.84 Å². The number of nitrogens with zero attached hydrogens (tertiary/aromatic N) is 2. The lowest BCUT2D eigenvalue weighted by Gasteiger charge is -2.02. The van der Waals surface area contributed by atoms with Crippen LogP contribution in [-0.2, 0) is 6.61 Å². The molecule has 1 aromatic carbocycles. The Balaban J connectivity index is 2.07. The predicted octanol–water partition coefficient (Wildman–Crippen LogP) is 2.64. The minimum absolute atomic E-state index is 0.0272. The molecule has 2 aromatic heterocycles. The zero-order chi connectivity index (χ0) is 14.1. The fourth-order valence-corrected chi connectivity index (χ4v) is 2.10. The van der Waals surface area contributed by atoms with Crippen molar-refractivity contribution in [3.05, 3.63) is 54.1 Å². The molecule has 0 spiro atoms. The monoisotopic (exact) mass is 272 g/mol. The van der Waals surface area contributed by atoms with Gasteiger partial charge >= 0.3 is 0 Å². The first-order valence-electron chi connectivity index (χ1n) is 6.13. The summed E-state index contributed by atoms with van der Waals surface area (Å²) in [5, 5.41) is 9.12. The summed E-state index contributed by atoms with van der Waals surface area (Å²) < 4.78 is 20.4. The third kappa shape index (κ3) is 2.12. The molecule has 2 heterocycles. The van der Waals surface area contributed by atoms with Crippen molar-refractivity contribution in [2.45, 2.75) is 6.61 Å². The lowest BCUT2D eigenvalue weighted by molar-refractivity contribution is 0.281. The summed E-state index contributed by atoms with van der Waals surface area (Å²) in [5.74, 6) is -0.210. The van der Waals surface area contributed by atoms with Gasteiger partial charge in [0.15, 0.2) is 11.6 Å². The topological polar surface area (TPSA) is 46.8 Å². The molecule has 0 amide bonds. The van der Waals surface area contributed by atoms with Gasteiger partial charge in [-0.05, 0) is 29.8 Å². The molecule has 4 nitrogen and oxygen atoms in total. The number of pyridine rings is 1. The molecule has 102 valence electrons. The molecular weight excluding hydrogens is 259 g/mol. The molecule has 0 saturated carbocycles. The van der Waals surface area contributed by atoms with Gasteiger partial charge in [-0.2, -0.15) is 0 Å². The molecule has 5 heteroatoms. The molecule has 1 N–H and O–H groups in total. The van der Waals surface area contributed by atoms with Gasteiger partial charge in [-0.15, -0.1) is 0 Å². The van der Waals surface area contributed by atoms with Crippen molar-refractivity contribution in [3.8, 4) is 17.0 Å². The first-order chi connectivity index (χ1) is 9.71. The number of imidazole rings is 1. The van der Waals surface area contributed by atoms with Crippen LogP contribution in [0.15, 0.2) is 42.7 Å². The van der Waals surface area contributed by atoms with Gasteiger partial charge in [-0.25, -0.2) is 9.37 Å². The highest BCUT2D eigenvalue weighted by molar-refractivity contribution is 5.63. The van der Waals surface area contributed by atoms with E-state index in [1.165, 1.54) is 13.2 Å². The largest absolute Gasteiger partial charge is 0.494 e. The fourth-order valence-electron chi connectivity index (χ4n) is 2.10. The van der Waals surface area contributed by atoms with E-state index in [1.54, 1.807) is 30.6 Å². The Bertz CT molecular complexity index is 768. The van der Waals surface area contributed by atoms with Crippen LogP contribution in [0.4, 0.5) is 4.39 Å². The molecule has 0 aliphatic heterocycles. The third-order valence-corrected chi connectivity index (χ3v) is 3.14. The molecule has 0 bridgehead atoms. The van der Waals surface area contributed by atoms with E-state index in [0.717, 1.165) is 11.2 Å². The molecule has 0 unspecified atom stereocenters. The summed E-state index contributed by atoms with van der Waals surface area (Å²) in [6, 6.07) is 8.35. The molecule has 0 aliphatic carbocycles. The number of ether oxygens (including phenoxy) is 1. The molecule has 0 radical (unpaired) electrons. The zero-order valence-corrected chi connectivity index (χ0v) is 10.9. The van der Waals surface area contributed by atoms with Gasteiger partial charge in [0.1, 0.15) is 5.65 Å². The van der Waals surface area contributed by atoms with Gasteiger partial charge in [0.2, 0.25) is 0 Å². The van der Waals surface area contributed by atoms with Crippen LogP contribution in [0.2, 0.25) is 0 Å². The Kier molecular flexibility index (Phi) is 3.12. The van der Waals surface area contributed by atoms with Gasteiger partial charge in [-0.1, -0.05) is 6.07 Å². The van der Waals surface area contributed by atoms with E-state index >= 15 is 0 Å². The Labute approximate surface area is 115 Å². The molecule has 0 saturated heterocycles. The number of hydrogen-bond acceptors (Lipinski definition) is 3. The number of rotatable bonds is 3. The fraction of sp³-hybridized carbons (Fsp3) is 0.133. The highest BCUT2D eigenvalue weighted by atomic mass is 19.1. The number of aliphatic hydroxyl groups is 1. The highest BCUT2D eigenvalue weighted by Crippen LogP contribution is 2.25. The maximum Gasteiger partial charge on any atom is 0.165 e. The van der Waals surface area contributed by atoms with Crippen molar-refractivity contribution in [2.75, 3.05) is 7.11 Å². The van der Waals surface area contributed by atoms with E-state index < -0.39 is 5.82 Å². The summed E-state index contributed by atoms with van der Waals surface area (Å²) in [5.41, 5.74) is 2.88. The Morgan fingerprint density at radius 3 is 2.80 bits per heavy atom. The number of benzene rings is 1. The highest BCUT2D eigenvalue weighted by Gasteiger charge is 2.08. The number of aromatic nitrogens is 2. The van der Waals surface area contributed by atoms with Gasteiger partial charge in [0.25, 0.3) is 0 Å². The van der Waals surface area contributed by atoms with Crippen molar-refractivity contribution in [2.24, 2.45) is 0 Å². The number of halogens is 1. The first kappa shape index (κ1) is 12.6. The third-order valence-electron chi connectivity index (χ3n) is 3.14. The van der Waals surface area contributed by atoms with E-state index in [2.05, 4.69) is 4.98 Å². The van der Waals surface area contributed by atoms with Crippen LogP contribution in [0.5, 0.6) is 5.75 Å². The van der Waals surface area contributed by atoms with Crippen LogP contribution in [0.1, 0.15) is 5.56 Å². The molecule has 3 aromatic rings. The number of hydrogen-bond donors (Lipinski definition) is 1. The zero-order valence-electron chi connectivity index (χ0n) is 10.9. The summed E-state index contributed by atoms with van der Waals surface area (Å²) in [6.45, 7) is -0.0272. The SMILES string of the molecule is COc1ccc(-c2cn3cc(CO)ccc3n2)cc1F. The number of aliphatic hydroxyl groups excluding tert-OH is 1. The number of methoxy groups -OCH3 is 1. The standard InChI is InChI=1S/C15H13FN2O2/c1-20-14-4-3-11(6-12(14)16)13-8-18-7-10(9-19)2-5-15(18)17-13/h2-8,19H,9H2,1H3. The van der Waals surface area contributed by atoms with E-state index in [0.29, 0.717) is 11.3 Å². The molecule has 0 fully saturated rings. The molecule has 0 aliphatic rings. The van der Waals surface area contributed by atoms with Crippen LogP contribution < -0.4 is 4.74 Å². The maximum atomic E-state index is 13.7. The predicted molar refractivity (Wildman–Crippen MR) is 73.1 cm³/mol. The van der Waals surface area contributed by atoms with Crippen LogP contribution in [-0.4, -0.2) is 21.6 Å². The van der Waals surface area contributed by atoms with Crippen molar-refractivity contribution in [1.82, 2.24) is 9.38 Å². The summed E-state index contributed by atoms with van der Waals surface area (Å²) in [7, 11) is 1.43. The second-order valence-electron chi connectivity index (χ2n) is 4.44. The summed E-state index contributed by atoms with van der Waals surface area (Å²) >= 11 is 0. The number of fused-ring (bicyclic) bond motifs is 1. The van der Waals surface area contributed by atoms with Gasteiger partial charge in [-0.3, -0.25) is 0 Å². The lowest BCUT2D eigenvalue weighted by Crippen LogP contribution is -1.88. The Hall–Kier alpha value is -2.40. The van der Waals surface area contributed by atoms with E-state index in [9.17, 15) is 4.39 Å². The van der Waals surface area contributed by atoms with Gasteiger partial charge in [0, 0.05) is 18.0 Å². The second-order valence-corrected chi connectivity index (χ2v) is 4.44. The maximum absolute atomic E-state index is 13.7. The molecular formula is C15H13FN2O2. The average molecular weight is 272 g/mol. The Morgan fingerprint density at radius 1 is 1.25 bits per heavy atom. The van der Waals surface area contributed by atoms with Crippen LogP contribution >= 0.6 is 0 Å². The van der Waals surface area contributed by atoms with Crippen molar-refractivity contribution >= 4 is 5.65 Å². The lowest BCUT2D eigenvalue weighted by atomic mass is 10.1. The van der Waals surface area contributed by atoms with Gasteiger partial charge < -0.3 is 14.2 Å². The molecule has 20 heavy (non-hydrogen) atoms. The Morgan fingerprint density at radius 2 is 2.10 bits per heavy atom. The van der Waals surface area contributed by atoms with Crippen LogP contribution in [0.25, 0.3) is 16.9 Å². The normalized spacial score (nSPS) is 10.9. The quantitative estimate of drug-likeness (QED) is 0.797. The summed E-state index contributed by atoms with van der Waals surface area (Å²) in [6.07, 6.45) is 3.60. The minimum Gasteiger partial charge on any atom is -0.494 e. The van der Waals surface area contributed by atoms with Gasteiger partial charge in [0.05, 0.1) is 19.4 Å². The van der Waals surface area contributed by atoms with E-state index in [1.807, 2.05) is 10.5 Å². The van der Waals surface area contributed by atoms with Crippen molar-refractivity contribution < 1.29 is 14.2 Å². The molecule has 0 atom stereocenters. The average Bonchev–Trinajstić information content (AvgIpc) is 2.89. The van der Waals surface area contributed by atoms with Crippen molar-refractivity contribution in [3.63, 3.8) is 0 Å². The van der Waals surface area contributed by atoms with Crippen LogP contribution in [0.3, 0.4) is 0 Å². The summed E-state index contributed by atoms with van der Waals surface area (Å²) in [4.78, 5) is 4.43. The minimum atomic E-state index is -0.418.